The summed E-state index contributed by atoms with van der Waals surface area (Å²) in [5, 5.41) is 3.79. The number of ether oxygens (including phenoxy) is 1. The Labute approximate surface area is 158 Å². The molecule has 0 aromatic heterocycles. The minimum absolute atomic E-state index is 0.00848. The Balaban J connectivity index is 1.59. The molecule has 2 aromatic carbocycles. The van der Waals surface area contributed by atoms with Crippen molar-refractivity contribution >= 4 is 17.5 Å². The predicted octanol–water partition coefficient (Wildman–Crippen LogP) is 4.28. The molecule has 26 heavy (non-hydrogen) atoms. The van der Waals surface area contributed by atoms with Gasteiger partial charge in [-0.15, -0.1) is 0 Å². The Kier molecular flexibility index (Phi) is 6.28. The molecule has 1 aliphatic rings. The second kappa shape index (κ2) is 8.65. The van der Waals surface area contributed by atoms with Crippen LogP contribution in [-0.2, 0) is 21.4 Å². The number of amides is 1. The number of rotatable bonds is 6. The summed E-state index contributed by atoms with van der Waals surface area (Å²) in [6, 6.07) is 14.1. The summed E-state index contributed by atoms with van der Waals surface area (Å²) < 4.78 is 18.5. The van der Waals surface area contributed by atoms with Gasteiger partial charge in [0.1, 0.15) is 5.82 Å². The van der Waals surface area contributed by atoms with Gasteiger partial charge in [-0.05, 0) is 54.7 Å². The third-order valence-electron chi connectivity index (χ3n) is 5.08. The molecule has 0 unspecified atom stereocenters. The van der Waals surface area contributed by atoms with Gasteiger partial charge in [0.2, 0.25) is 5.91 Å². The van der Waals surface area contributed by atoms with Crippen LogP contribution in [0.4, 0.5) is 4.39 Å². The van der Waals surface area contributed by atoms with Gasteiger partial charge in [-0.3, -0.25) is 4.79 Å². The molecular formula is C21H23ClFNO2. The average Bonchev–Trinajstić information content (AvgIpc) is 2.67. The van der Waals surface area contributed by atoms with Gasteiger partial charge in [-0.2, -0.15) is 0 Å². The highest BCUT2D eigenvalue weighted by Gasteiger charge is 2.34. The number of nitrogens with one attached hydrogen (secondary N) is 1. The maximum absolute atomic E-state index is 12.9. The molecular weight excluding hydrogens is 353 g/mol. The number of aryl methyl sites for hydroxylation is 1. The SMILES string of the molecule is O=C(CCc1ccc(F)cc1)NCC1(c2ccc(Cl)cc2)CCOCC1. The van der Waals surface area contributed by atoms with Crippen molar-refractivity contribution in [1.29, 1.82) is 0 Å². The lowest BCUT2D eigenvalue weighted by Crippen LogP contribution is -2.44. The van der Waals surface area contributed by atoms with E-state index >= 15 is 0 Å². The minimum Gasteiger partial charge on any atom is -0.381 e. The van der Waals surface area contributed by atoms with Crippen molar-refractivity contribution in [1.82, 2.24) is 5.32 Å². The molecule has 138 valence electrons. The highest BCUT2D eigenvalue weighted by atomic mass is 35.5. The molecule has 2 aromatic rings. The fourth-order valence-corrected chi connectivity index (χ4v) is 3.52. The van der Waals surface area contributed by atoms with E-state index in [2.05, 4.69) is 5.32 Å². The number of carbonyl (C=O) groups excluding carboxylic acids is 1. The van der Waals surface area contributed by atoms with Crippen LogP contribution in [-0.4, -0.2) is 25.7 Å². The molecule has 0 spiro atoms. The zero-order valence-electron chi connectivity index (χ0n) is 14.6. The van der Waals surface area contributed by atoms with E-state index in [0.29, 0.717) is 37.6 Å². The highest BCUT2D eigenvalue weighted by Crippen LogP contribution is 2.34. The van der Waals surface area contributed by atoms with Gasteiger partial charge in [-0.1, -0.05) is 35.9 Å². The number of carbonyl (C=O) groups is 1. The Hall–Kier alpha value is -1.91. The van der Waals surface area contributed by atoms with Crippen LogP contribution in [0.25, 0.3) is 0 Å². The lowest BCUT2D eigenvalue weighted by molar-refractivity contribution is -0.121. The van der Waals surface area contributed by atoms with Crippen molar-refractivity contribution < 1.29 is 13.9 Å². The molecule has 1 fully saturated rings. The van der Waals surface area contributed by atoms with Crippen molar-refractivity contribution in [2.24, 2.45) is 0 Å². The largest absolute Gasteiger partial charge is 0.381 e. The molecule has 1 aliphatic heterocycles. The van der Waals surface area contributed by atoms with Gasteiger partial charge in [0.05, 0.1) is 0 Å². The molecule has 1 saturated heterocycles. The number of benzene rings is 2. The zero-order valence-corrected chi connectivity index (χ0v) is 15.4. The molecule has 0 atom stereocenters. The number of halogens is 2. The second-order valence-electron chi connectivity index (χ2n) is 6.80. The van der Waals surface area contributed by atoms with Gasteiger partial charge in [0, 0.05) is 36.6 Å². The molecule has 0 saturated carbocycles. The Morgan fingerprint density at radius 2 is 1.73 bits per heavy atom. The normalized spacial score (nSPS) is 16.2. The molecule has 1 amide bonds. The quantitative estimate of drug-likeness (QED) is 0.818. The van der Waals surface area contributed by atoms with Crippen LogP contribution in [0.3, 0.4) is 0 Å². The molecule has 5 heteroatoms. The van der Waals surface area contributed by atoms with E-state index in [9.17, 15) is 9.18 Å². The smallest absolute Gasteiger partial charge is 0.220 e. The van der Waals surface area contributed by atoms with Crippen LogP contribution in [0.2, 0.25) is 5.02 Å². The Morgan fingerprint density at radius 1 is 1.08 bits per heavy atom. The summed E-state index contributed by atoms with van der Waals surface area (Å²) in [6.07, 6.45) is 2.72. The predicted molar refractivity (Wildman–Crippen MR) is 101 cm³/mol. The summed E-state index contributed by atoms with van der Waals surface area (Å²) in [5.74, 6) is -0.253. The van der Waals surface area contributed by atoms with Crippen molar-refractivity contribution in [2.45, 2.75) is 31.1 Å². The number of hydrogen-bond acceptors (Lipinski definition) is 2. The molecule has 0 bridgehead atoms. The first-order chi connectivity index (χ1) is 12.6. The fourth-order valence-electron chi connectivity index (χ4n) is 3.40. The Bertz CT molecular complexity index is 725. The van der Waals surface area contributed by atoms with Crippen LogP contribution in [0, 0.1) is 5.82 Å². The highest BCUT2D eigenvalue weighted by molar-refractivity contribution is 6.30. The topological polar surface area (TPSA) is 38.3 Å². The standard InChI is InChI=1S/C21H23ClFNO2/c22-18-6-4-17(5-7-18)21(11-13-26-14-12-21)15-24-20(25)10-3-16-1-8-19(23)9-2-16/h1-2,4-9H,3,10-15H2,(H,24,25). The van der Waals surface area contributed by atoms with E-state index in [1.165, 1.54) is 17.7 Å². The molecule has 1 heterocycles. The first-order valence-electron chi connectivity index (χ1n) is 8.92. The summed E-state index contributed by atoms with van der Waals surface area (Å²) in [7, 11) is 0. The van der Waals surface area contributed by atoms with Gasteiger partial charge in [-0.25, -0.2) is 4.39 Å². The molecule has 0 radical (unpaired) electrons. The first-order valence-corrected chi connectivity index (χ1v) is 9.30. The van der Waals surface area contributed by atoms with Gasteiger partial charge >= 0.3 is 0 Å². The molecule has 0 aliphatic carbocycles. The van der Waals surface area contributed by atoms with Crippen molar-refractivity contribution in [3.8, 4) is 0 Å². The zero-order chi connectivity index (χ0) is 18.4. The second-order valence-corrected chi connectivity index (χ2v) is 7.24. The van der Waals surface area contributed by atoms with Crippen LogP contribution in [0.15, 0.2) is 48.5 Å². The van der Waals surface area contributed by atoms with Crippen LogP contribution in [0.5, 0.6) is 0 Å². The third kappa shape index (κ3) is 4.83. The minimum atomic E-state index is -0.261. The van der Waals surface area contributed by atoms with Crippen molar-refractivity contribution in [2.75, 3.05) is 19.8 Å². The fraction of sp³-hybridized carbons (Fsp3) is 0.381. The van der Waals surface area contributed by atoms with E-state index in [4.69, 9.17) is 16.3 Å². The lowest BCUT2D eigenvalue weighted by atomic mass is 9.74. The van der Waals surface area contributed by atoms with Crippen LogP contribution >= 0.6 is 11.6 Å². The third-order valence-corrected chi connectivity index (χ3v) is 5.34. The van der Waals surface area contributed by atoms with E-state index in [1.54, 1.807) is 12.1 Å². The maximum atomic E-state index is 12.9. The molecule has 1 N–H and O–H groups in total. The summed E-state index contributed by atoms with van der Waals surface area (Å²) in [6.45, 7) is 1.96. The summed E-state index contributed by atoms with van der Waals surface area (Å²) >= 11 is 6.01. The van der Waals surface area contributed by atoms with Crippen molar-refractivity contribution in [3.63, 3.8) is 0 Å². The van der Waals surface area contributed by atoms with Gasteiger partial charge < -0.3 is 10.1 Å². The van der Waals surface area contributed by atoms with E-state index in [-0.39, 0.29) is 17.1 Å². The van der Waals surface area contributed by atoms with E-state index in [0.717, 1.165) is 18.4 Å². The monoisotopic (exact) mass is 375 g/mol. The Morgan fingerprint density at radius 3 is 2.38 bits per heavy atom. The summed E-state index contributed by atoms with van der Waals surface area (Å²) in [4.78, 5) is 12.3. The van der Waals surface area contributed by atoms with Gasteiger partial charge in [0.25, 0.3) is 0 Å². The van der Waals surface area contributed by atoms with E-state index in [1.807, 2.05) is 24.3 Å². The maximum Gasteiger partial charge on any atom is 0.220 e. The number of hydrogen-bond donors (Lipinski definition) is 1. The van der Waals surface area contributed by atoms with Crippen molar-refractivity contribution in [3.05, 3.63) is 70.5 Å². The van der Waals surface area contributed by atoms with Crippen LogP contribution in [0.1, 0.15) is 30.4 Å². The van der Waals surface area contributed by atoms with Crippen LogP contribution < -0.4 is 5.32 Å². The molecule has 3 nitrogen and oxygen atoms in total. The van der Waals surface area contributed by atoms with E-state index < -0.39 is 0 Å². The lowest BCUT2D eigenvalue weighted by Gasteiger charge is -2.38. The molecule has 3 rings (SSSR count). The average molecular weight is 376 g/mol. The van der Waals surface area contributed by atoms with Gasteiger partial charge in [0.15, 0.2) is 0 Å². The first kappa shape index (κ1) is 18.9. The summed E-state index contributed by atoms with van der Waals surface area (Å²) in [5.41, 5.74) is 2.03.